The van der Waals surface area contributed by atoms with Gasteiger partial charge in [-0.1, -0.05) is 35.0 Å². The van der Waals surface area contributed by atoms with Crippen molar-refractivity contribution in [2.24, 2.45) is 0 Å². The maximum atomic E-state index is 10.9. The number of hydrogen-bond acceptors (Lipinski definition) is 2. The van der Waals surface area contributed by atoms with Gasteiger partial charge in [0.25, 0.3) is 0 Å². The maximum absolute atomic E-state index is 10.9. The van der Waals surface area contributed by atoms with Crippen LogP contribution in [0.25, 0.3) is 0 Å². The predicted octanol–water partition coefficient (Wildman–Crippen LogP) is 2.94. The molecule has 3 heteroatoms. The molecule has 2 nitrogen and oxygen atoms in total. The minimum absolute atomic E-state index is 0.139. The summed E-state index contributed by atoms with van der Waals surface area (Å²) in [7, 11) is 0. The second-order valence-corrected chi connectivity index (χ2v) is 3.93. The maximum Gasteiger partial charge on any atom is 0.158 e. The van der Waals surface area contributed by atoms with E-state index in [1.54, 1.807) is 0 Å². The molecule has 14 heavy (non-hydrogen) atoms. The third-order valence-electron chi connectivity index (χ3n) is 1.82. The Bertz CT molecular complexity index is 310. The lowest BCUT2D eigenvalue weighted by Crippen LogP contribution is -2.06. The zero-order valence-electron chi connectivity index (χ0n) is 8.13. The van der Waals surface area contributed by atoms with Crippen LogP contribution in [0.1, 0.15) is 18.9 Å². The first-order chi connectivity index (χ1) is 6.72. The van der Waals surface area contributed by atoms with Crippen LogP contribution < -0.4 is 0 Å². The van der Waals surface area contributed by atoms with E-state index in [1.165, 1.54) is 0 Å². The quantitative estimate of drug-likeness (QED) is 0.810. The Balaban J connectivity index is 2.35. The molecule has 0 aromatic heterocycles. The van der Waals surface area contributed by atoms with Crippen molar-refractivity contribution in [3.05, 3.63) is 34.3 Å². The summed E-state index contributed by atoms with van der Waals surface area (Å²) in [5, 5.41) is 0. The van der Waals surface area contributed by atoms with E-state index in [-0.39, 0.29) is 12.4 Å². The molecule has 0 unspecified atom stereocenters. The van der Waals surface area contributed by atoms with Gasteiger partial charge in [-0.15, -0.1) is 0 Å². The molecule has 0 radical (unpaired) electrons. The number of Topliss-reactive ketones (excluding diaryl/α,β-unsaturated/α-hetero) is 1. The van der Waals surface area contributed by atoms with Gasteiger partial charge in [-0.2, -0.15) is 0 Å². The SMILES string of the molecule is CCC(=O)COCc1cccc(Br)c1. The summed E-state index contributed by atoms with van der Waals surface area (Å²) in [6.45, 7) is 2.54. The van der Waals surface area contributed by atoms with Crippen LogP contribution in [-0.4, -0.2) is 12.4 Å². The molecule has 0 aliphatic heterocycles. The smallest absolute Gasteiger partial charge is 0.158 e. The van der Waals surface area contributed by atoms with Crippen molar-refractivity contribution >= 4 is 21.7 Å². The lowest BCUT2D eigenvalue weighted by atomic mass is 10.2. The van der Waals surface area contributed by atoms with Gasteiger partial charge in [0.15, 0.2) is 5.78 Å². The Kier molecular flexibility index (Phi) is 4.84. The monoisotopic (exact) mass is 256 g/mol. The molecule has 0 aliphatic carbocycles. The zero-order valence-corrected chi connectivity index (χ0v) is 9.71. The number of benzene rings is 1. The standard InChI is InChI=1S/C11H13BrO2/c1-2-11(13)8-14-7-9-4-3-5-10(12)6-9/h3-6H,2,7-8H2,1H3. The first kappa shape index (κ1) is 11.4. The van der Waals surface area contributed by atoms with Crippen molar-refractivity contribution < 1.29 is 9.53 Å². The van der Waals surface area contributed by atoms with Gasteiger partial charge in [-0.05, 0) is 17.7 Å². The van der Waals surface area contributed by atoms with Crippen LogP contribution in [0.5, 0.6) is 0 Å². The van der Waals surface area contributed by atoms with Crippen LogP contribution >= 0.6 is 15.9 Å². The lowest BCUT2D eigenvalue weighted by Gasteiger charge is -2.03. The van der Waals surface area contributed by atoms with Gasteiger partial charge in [0, 0.05) is 10.9 Å². The van der Waals surface area contributed by atoms with Crippen LogP contribution in [0, 0.1) is 0 Å². The number of halogens is 1. The van der Waals surface area contributed by atoms with Gasteiger partial charge in [0.2, 0.25) is 0 Å². The molecule has 0 heterocycles. The molecule has 0 fully saturated rings. The first-order valence-corrected chi connectivity index (χ1v) is 5.35. The van der Waals surface area contributed by atoms with Gasteiger partial charge >= 0.3 is 0 Å². The molecule has 1 rings (SSSR count). The Labute approximate surface area is 92.4 Å². The Hall–Kier alpha value is -0.670. The molecule has 0 saturated heterocycles. The number of hydrogen-bond donors (Lipinski definition) is 0. The molecule has 1 aromatic rings. The van der Waals surface area contributed by atoms with Gasteiger partial charge in [-0.3, -0.25) is 4.79 Å². The Morgan fingerprint density at radius 1 is 1.50 bits per heavy atom. The predicted molar refractivity (Wildman–Crippen MR) is 59.1 cm³/mol. The summed E-state index contributed by atoms with van der Waals surface area (Å²) in [6, 6.07) is 7.86. The fourth-order valence-electron chi connectivity index (χ4n) is 1.01. The van der Waals surface area contributed by atoms with Gasteiger partial charge in [0.1, 0.15) is 6.61 Å². The van der Waals surface area contributed by atoms with E-state index >= 15 is 0 Å². The van der Waals surface area contributed by atoms with Crippen molar-refractivity contribution in [1.29, 1.82) is 0 Å². The number of ether oxygens (including phenoxy) is 1. The second kappa shape index (κ2) is 5.94. The first-order valence-electron chi connectivity index (χ1n) is 4.56. The number of carbonyl (C=O) groups excluding carboxylic acids is 1. The number of rotatable bonds is 5. The summed E-state index contributed by atoms with van der Waals surface area (Å²) < 4.78 is 6.29. The molecule has 0 bridgehead atoms. The normalized spacial score (nSPS) is 10.1. The van der Waals surface area contributed by atoms with Crippen LogP contribution in [-0.2, 0) is 16.1 Å². The third-order valence-corrected chi connectivity index (χ3v) is 2.31. The highest BCUT2D eigenvalue weighted by Gasteiger charge is 1.98. The fraction of sp³-hybridized carbons (Fsp3) is 0.364. The molecule has 0 saturated carbocycles. The van der Waals surface area contributed by atoms with Gasteiger partial charge < -0.3 is 4.74 Å². The highest BCUT2D eigenvalue weighted by molar-refractivity contribution is 9.10. The molecule has 76 valence electrons. The van der Waals surface area contributed by atoms with Crippen LogP contribution in [0.3, 0.4) is 0 Å². The van der Waals surface area contributed by atoms with Crippen molar-refractivity contribution in [3.63, 3.8) is 0 Å². The van der Waals surface area contributed by atoms with E-state index in [4.69, 9.17) is 4.74 Å². The highest BCUT2D eigenvalue weighted by atomic mass is 79.9. The van der Waals surface area contributed by atoms with E-state index in [2.05, 4.69) is 15.9 Å². The minimum Gasteiger partial charge on any atom is -0.369 e. The Morgan fingerprint density at radius 3 is 2.93 bits per heavy atom. The molecule has 0 atom stereocenters. The van der Waals surface area contributed by atoms with E-state index in [1.807, 2.05) is 31.2 Å². The number of ketones is 1. The molecule has 0 spiro atoms. The second-order valence-electron chi connectivity index (χ2n) is 3.01. The molecule has 0 N–H and O–H groups in total. The van der Waals surface area contributed by atoms with E-state index in [0.29, 0.717) is 13.0 Å². The topological polar surface area (TPSA) is 26.3 Å². The molecular formula is C11H13BrO2. The minimum atomic E-state index is 0.139. The number of carbonyl (C=O) groups is 1. The van der Waals surface area contributed by atoms with Crippen molar-refractivity contribution in [2.45, 2.75) is 20.0 Å². The average Bonchev–Trinajstić information content (AvgIpc) is 2.17. The van der Waals surface area contributed by atoms with E-state index in [9.17, 15) is 4.79 Å². The largest absolute Gasteiger partial charge is 0.369 e. The third kappa shape index (κ3) is 4.03. The summed E-state index contributed by atoms with van der Waals surface area (Å²) in [5.74, 6) is 0.139. The average molecular weight is 257 g/mol. The summed E-state index contributed by atoms with van der Waals surface area (Å²) in [6.07, 6.45) is 0.540. The van der Waals surface area contributed by atoms with Crippen LogP contribution in [0.2, 0.25) is 0 Å². The van der Waals surface area contributed by atoms with E-state index < -0.39 is 0 Å². The fourth-order valence-corrected chi connectivity index (χ4v) is 1.46. The summed E-state index contributed by atoms with van der Waals surface area (Å²) >= 11 is 3.37. The van der Waals surface area contributed by atoms with Crippen LogP contribution in [0.4, 0.5) is 0 Å². The lowest BCUT2D eigenvalue weighted by molar-refractivity contribution is -0.123. The Morgan fingerprint density at radius 2 is 2.29 bits per heavy atom. The zero-order chi connectivity index (χ0) is 10.4. The molecule has 0 amide bonds. The summed E-state index contributed by atoms with van der Waals surface area (Å²) in [4.78, 5) is 10.9. The van der Waals surface area contributed by atoms with Crippen molar-refractivity contribution in [2.75, 3.05) is 6.61 Å². The van der Waals surface area contributed by atoms with Crippen molar-refractivity contribution in [3.8, 4) is 0 Å². The molecular weight excluding hydrogens is 244 g/mol. The van der Waals surface area contributed by atoms with Crippen molar-refractivity contribution in [1.82, 2.24) is 0 Å². The van der Waals surface area contributed by atoms with Gasteiger partial charge in [-0.25, -0.2) is 0 Å². The molecule has 0 aliphatic rings. The summed E-state index contributed by atoms with van der Waals surface area (Å²) in [5.41, 5.74) is 1.07. The van der Waals surface area contributed by atoms with Crippen LogP contribution in [0.15, 0.2) is 28.7 Å². The van der Waals surface area contributed by atoms with Gasteiger partial charge in [0.05, 0.1) is 6.61 Å². The van der Waals surface area contributed by atoms with E-state index in [0.717, 1.165) is 10.0 Å². The molecule has 1 aromatic carbocycles. The highest BCUT2D eigenvalue weighted by Crippen LogP contribution is 2.12.